The van der Waals surface area contributed by atoms with Gasteiger partial charge in [0.25, 0.3) is 0 Å². The van der Waals surface area contributed by atoms with Crippen molar-refractivity contribution < 1.29 is 0 Å². The third-order valence-electron chi connectivity index (χ3n) is 3.01. The van der Waals surface area contributed by atoms with Crippen molar-refractivity contribution in [3.63, 3.8) is 0 Å². The second-order valence-electron chi connectivity index (χ2n) is 4.47. The quantitative estimate of drug-likeness (QED) is 0.898. The van der Waals surface area contributed by atoms with Crippen LogP contribution in [0.1, 0.15) is 33.8 Å². The molecule has 0 aliphatic carbocycles. The molecule has 1 unspecified atom stereocenters. The number of aryl methyl sites for hydroxylation is 2. The maximum Gasteiger partial charge on any atom is 0.151 e. The minimum absolute atomic E-state index is 0.105. The van der Waals surface area contributed by atoms with Gasteiger partial charge in [0.1, 0.15) is 6.07 Å². The fraction of sp³-hybridized carbons (Fsp3) is 0.286. The Morgan fingerprint density at radius 1 is 1.47 bits per heavy atom. The van der Waals surface area contributed by atoms with Gasteiger partial charge in [-0.15, -0.1) is 11.3 Å². The summed E-state index contributed by atoms with van der Waals surface area (Å²) in [5.41, 5.74) is 8.01. The van der Waals surface area contributed by atoms with Crippen LogP contribution in [0.5, 0.6) is 0 Å². The van der Waals surface area contributed by atoms with Gasteiger partial charge in [-0.05, 0) is 38.5 Å². The van der Waals surface area contributed by atoms with Gasteiger partial charge in [-0.2, -0.15) is 5.26 Å². The molecular weight excluding hydrogens is 256 g/mol. The molecule has 98 valence electrons. The first-order valence-electron chi connectivity index (χ1n) is 6.01. The molecule has 0 bridgehead atoms. The number of nitriles is 1. The Bertz CT molecular complexity index is 639. The highest BCUT2D eigenvalue weighted by Gasteiger charge is 2.14. The van der Waals surface area contributed by atoms with Crippen molar-refractivity contribution in [1.82, 2.24) is 4.98 Å². The van der Waals surface area contributed by atoms with E-state index < -0.39 is 0 Å². The van der Waals surface area contributed by atoms with Gasteiger partial charge in [0, 0.05) is 16.0 Å². The van der Waals surface area contributed by atoms with E-state index in [1.165, 1.54) is 15.3 Å². The summed E-state index contributed by atoms with van der Waals surface area (Å²) in [7, 11) is 0. The highest BCUT2D eigenvalue weighted by molar-refractivity contribution is 7.12. The molecular formula is C14H16N4S. The van der Waals surface area contributed by atoms with E-state index in [9.17, 15) is 0 Å². The van der Waals surface area contributed by atoms with Crippen LogP contribution in [0.2, 0.25) is 0 Å². The maximum absolute atomic E-state index is 8.96. The van der Waals surface area contributed by atoms with E-state index in [4.69, 9.17) is 11.0 Å². The Hall–Kier alpha value is -2.06. The molecule has 0 radical (unpaired) electrons. The Morgan fingerprint density at radius 3 is 2.79 bits per heavy atom. The lowest BCUT2D eigenvalue weighted by molar-refractivity contribution is 0.872. The summed E-state index contributed by atoms with van der Waals surface area (Å²) in [4.78, 5) is 6.77. The molecule has 3 N–H and O–H groups in total. The van der Waals surface area contributed by atoms with Gasteiger partial charge < -0.3 is 11.1 Å². The third-order valence-corrected chi connectivity index (χ3v) is 3.99. The van der Waals surface area contributed by atoms with Crippen molar-refractivity contribution in [2.45, 2.75) is 26.8 Å². The fourth-order valence-corrected chi connectivity index (χ4v) is 3.07. The topological polar surface area (TPSA) is 74.7 Å². The number of nitrogen functional groups attached to an aromatic ring is 1. The van der Waals surface area contributed by atoms with Crippen molar-refractivity contribution in [3.05, 3.63) is 39.2 Å². The van der Waals surface area contributed by atoms with E-state index in [1.807, 2.05) is 0 Å². The first-order chi connectivity index (χ1) is 9.02. The van der Waals surface area contributed by atoms with Crippen LogP contribution in [-0.4, -0.2) is 4.98 Å². The zero-order valence-corrected chi connectivity index (χ0v) is 12.0. The number of pyridine rings is 1. The average Bonchev–Trinajstić information content (AvgIpc) is 2.71. The zero-order valence-electron chi connectivity index (χ0n) is 11.2. The monoisotopic (exact) mass is 272 g/mol. The van der Waals surface area contributed by atoms with Crippen LogP contribution in [0.25, 0.3) is 0 Å². The van der Waals surface area contributed by atoms with E-state index in [-0.39, 0.29) is 6.04 Å². The Kier molecular flexibility index (Phi) is 3.72. The molecule has 2 aromatic heterocycles. The fourth-order valence-electron chi connectivity index (χ4n) is 2.05. The smallest absolute Gasteiger partial charge is 0.151 e. The Balaban J connectivity index is 2.27. The number of hydrogen-bond acceptors (Lipinski definition) is 5. The molecule has 0 aromatic carbocycles. The minimum atomic E-state index is 0.105. The summed E-state index contributed by atoms with van der Waals surface area (Å²) < 4.78 is 0. The Morgan fingerprint density at radius 2 is 2.21 bits per heavy atom. The number of hydrogen-bond donors (Lipinski definition) is 2. The minimum Gasteiger partial charge on any atom is -0.395 e. The molecule has 1 atom stereocenters. The molecule has 2 aromatic rings. The van der Waals surface area contributed by atoms with Crippen molar-refractivity contribution >= 4 is 22.8 Å². The molecule has 0 saturated carbocycles. The molecule has 0 spiro atoms. The average molecular weight is 272 g/mol. The van der Waals surface area contributed by atoms with Gasteiger partial charge >= 0.3 is 0 Å². The van der Waals surface area contributed by atoms with Gasteiger partial charge in [0.2, 0.25) is 0 Å². The summed E-state index contributed by atoms with van der Waals surface area (Å²) in [5.74, 6) is 0.565. The van der Waals surface area contributed by atoms with E-state index in [2.05, 4.69) is 43.2 Å². The first-order valence-corrected chi connectivity index (χ1v) is 6.82. The number of aromatic nitrogens is 1. The normalized spacial score (nSPS) is 11.9. The summed E-state index contributed by atoms with van der Waals surface area (Å²) in [6.45, 7) is 6.26. The van der Waals surface area contributed by atoms with Gasteiger partial charge in [0.15, 0.2) is 5.82 Å². The molecule has 19 heavy (non-hydrogen) atoms. The summed E-state index contributed by atoms with van der Waals surface area (Å²) in [6, 6.07) is 5.95. The lowest BCUT2D eigenvalue weighted by atomic mass is 10.1. The molecule has 2 rings (SSSR count). The molecule has 4 nitrogen and oxygen atoms in total. The van der Waals surface area contributed by atoms with Crippen LogP contribution >= 0.6 is 11.3 Å². The standard InChI is InChI=1S/C14H16N4S/c1-8-6-12(10(3)19-8)9(2)18-14-13(16)11(7-15)4-5-17-14/h4-6,9H,16H2,1-3H3,(H,17,18). The predicted molar refractivity (Wildman–Crippen MR) is 79.2 cm³/mol. The summed E-state index contributed by atoms with van der Waals surface area (Å²) in [6.07, 6.45) is 1.59. The van der Waals surface area contributed by atoms with Gasteiger partial charge in [-0.25, -0.2) is 4.98 Å². The highest BCUT2D eigenvalue weighted by Crippen LogP contribution is 2.30. The molecule has 0 amide bonds. The zero-order chi connectivity index (χ0) is 14.0. The number of anilines is 2. The van der Waals surface area contributed by atoms with Crippen LogP contribution in [0.4, 0.5) is 11.5 Å². The lowest BCUT2D eigenvalue weighted by Gasteiger charge is -2.16. The van der Waals surface area contributed by atoms with Crippen LogP contribution in [0.3, 0.4) is 0 Å². The highest BCUT2D eigenvalue weighted by atomic mass is 32.1. The summed E-state index contributed by atoms with van der Waals surface area (Å²) >= 11 is 1.78. The van der Waals surface area contributed by atoms with Crippen molar-refractivity contribution in [2.75, 3.05) is 11.1 Å². The second kappa shape index (κ2) is 5.29. The molecule has 0 fully saturated rings. The molecule has 0 aliphatic rings. The van der Waals surface area contributed by atoms with Crippen LogP contribution in [0.15, 0.2) is 18.3 Å². The largest absolute Gasteiger partial charge is 0.395 e. The number of thiophene rings is 1. The second-order valence-corrected chi connectivity index (χ2v) is 5.93. The third kappa shape index (κ3) is 2.69. The van der Waals surface area contributed by atoms with Crippen LogP contribution < -0.4 is 11.1 Å². The van der Waals surface area contributed by atoms with E-state index in [0.29, 0.717) is 17.1 Å². The number of nitrogens with one attached hydrogen (secondary N) is 1. The predicted octanol–water partition coefficient (Wildman–Crippen LogP) is 3.39. The van der Waals surface area contributed by atoms with Gasteiger partial charge in [-0.3, -0.25) is 0 Å². The van der Waals surface area contributed by atoms with E-state index in [0.717, 1.165) is 0 Å². The first kappa shape index (κ1) is 13.4. The summed E-state index contributed by atoms with van der Waals surface area (Å²) in [5, 5.41) is 12.2. The van der Waals surface area contributed by atoms with Crippen molar-refractivity contribution in [2.24, 2.45) is 0 Å². The van der Waals surface area contributed by atoms with Gasteiger partial charge in [-0.1, -0.05) is 0 Å². The molecule has 5 heteroatoms. The number of nitrogens with two attached hydrogens (primary N) is 1. The SMILES string of the molecule is Cc1cc(C(C)Nc2nccc(C#N)c2N)c(C)s1. The molecule has 0 aliphatic heterocycles. The van der Waals surface area contributed by atoms with Crippen LogP contribution in [-0.2, 0) is 0 Å². The number of rotatable bonds is 3. The van der Waals surface area contributed by atoms with E-state index in [1.54, 1.807) is 23.6 Å². The van der Waals surface area contributed by atoms with Crippen LogP contribution in [0, 0.1) is 25.2 Å². The molecule has 0 saturated heterocycles. The molecule has 2 heterocycles. The van der Waals surface area contributed by atoms with Gasteiger partial charge in [0.05, 0.1) is 17.3 Å². The van der Waals surface area contributed by atoms with Crippen molar-refractivity contribution in [3.8, 4) is 6.07 Å². The number of nitrogens with zero attached hydrogens (tertiary/aromatic N) is 2. The maximum atomic E-state index is 8.96. The Labute approximate surface area is 116 Å². The lowest BCUT2D eigenvalue weighted by Crippen LogP contribution is -2.10. The van der Waals surface area contributed by atoms with Crippen molar-refractivity contribution in [1.29, 1.82) is 5.26 Å². The van der Waals surface area contributed by atoms with E-state index >= 15 is 0 Å².